The SMILES string of the molecule is O=c1c([C@@H](c2nnnn2C2CCCCC2)[NH+]2CCCCC2)coc2ccc(Cl)cc12. The standard InChI is InChI=1S/C22H26ClN5O2/c23-15-9-10-19-17(13-15)21(29)18(14-30-19)20(27-11-5-2-6-12-27)22-24-25-26-28(22)16-7-3-1-4-8-16/h9-10,13-14,16,20H,1-8,11-12H2/p+1/t20-/m0/s1. The van der Waals surface area contributed by atoms with Gasteiger partial charge in [0.25, 0.3) is 0 Å². The second-order valence-electron chi connectivity index (χ2n) is 8.59. The maximum absolute atomic E-state index is 13.5. The molecule has 1 N–H and O–H groups in total. The number of aromatic nitrogens is 4. The molecule has 30 heavy (non-hydrogen) atoms. The first-order chi connectivity index (χ1) is 14.7. The maximum Gasteiger partial charge on any atom is 0.214 e. The van der Waals surface area contributed by atoms with E-state index in [1.54, 1.807) is 24.5 Å². The van der Waals surface area contributed by atoms with Crippen LogP contribution in [0.3, 0.4) is 0 Å². The molecule has 1 aliphatic carbocycles. The minimum Gasteiger partial charge on any atom is -0.464 e. The summed E-state index contributed by atoms with van der Waals surface area (Å²) in [5, 5.41) is 13.9. The first kappa shape index (κ1) is 19.7. The molecule has 0 radical (unpaired) electrons. The van der Waals surface area contributed by atoms with E-state index in [1.807, 2.05) is 4.68 Å². The number of fused-ring (bicyclic) bond motifs is 1. The maximum atomic E-state index is 13.5. The van der Waals surface area contributed by atoms with Crippen LogP contribution in [0, 0.1) is 0 Å². The van der Waals surface area contributed by atoms with Gasteiger partial charge in [0, 0.05) is 5.02 Å². The van der Waals surface area contributed by atoms with Gasteiger partial charge in [-0.05, 0) is 60.7 Å². The Hall–Kier alpha value is -2.25. The predicted molar refractivity (Wildman–Crippen MR) is 114 cm³/mol. The molecule has 1 saturated carbocycles. The van der Waals surface area contributed by atoms with Crippen LogP contribution in [0.15, 0.2) is 33.7 Å². The quantitative estimate of drug-likeness (QED) is 0.690. The van der Waals surface area contributed by atoms with Crippen LogP contribution < -0.4 is 10.3 Å². The normalized spacial score (nSPS) is 19.9. The zero-order valence-electron chi connectivity index (χ0n) is 17.0. The lowest BCUT2D eigenvalue weighted by molar-refractivity contribution is -0.931. The van der Waals surface area contributed by atoms with E-state index in [9.17, 15) is 4.79 Å². The van der Waals surface area contributed by atoms with Crippen LogP contribution in [0.2, 0.25) is 5.02 Å². The number of nitrogens with zero attached hydrogens (tertiary/aromatic N) is 4. The number of tetrazole rings is 1. The lowest BCUT2D eigenvalue weighted by Crippen LogP contribution is -3.13. The molecule has 0 unspecified atom stereocenters. The van der Waals surface area contributed by atoms with Crippen molar-refractivity contribution in [2.45, 2.75) is 63.5 Å². The summed E-state index contributed by atoms with van der Waals surface area (Å²) in [6, 6.07) is 5.25. The van der Waals surface area contributed by atoms with Crippen molar-refractivity contribution in [1.82, 2.24) is 20.2 Å². The lowest BCUT2D eigenvalue weighted by atomic mass is 9.95. The Morgan fingerprint density at radius 3 is 2.67 bits per heavy atom. The molecule has 1 aromatic carbocycles. The topological polar surface area (TPSA) is 78.2 Å². The number of hydrogen-bond donors (Lipinski definition) is 1. The van der Waals surface area contributed by atoms with Crippen molar-refractivity contribution in [3.63, 3.8) is 0 Å². The molecule has 3 aromatic rings. The van der Waals surface area contributed by atoms with Crippen molar-refractivity contribution in [1.29, 1.82) is 0 Å². The highest BCUT2D eigenvalue weighted by Gasteiger charge is 2.37. The van der Waals surface area contributed by atoms with Gasteiger partial charge in [-0.25, -0.2) is 4.68 Å². The molecule has 3 heterocycles. The Kier molecular flexibility index (Phi) is 5.56. The zero-order valence-corrected chi connectivity index (χ0v) is 17.8. The Bertz CT molecular complexity index is 1080. The monoisotopic (exact) mass is 428 g/mol. The number of nitrogens with one attached hydrogen (secondary N) is 1. The van der Waals surface area contributed by atoms with Gasteiger partial charge in [-0.2, -0.15) is 0 Å². The number of rotatable bonds is 4. The van der Waals surface area contributed by atoms with Gasteiger partial charge in [-0.1, -0.05) is 30.9 Å². The molecule has 2 fully saturated rings. The predicted octanol–water partition coefficient (Wildman–Crippen LogP) is 3.10. The average Bonchev–Trinajstić information content (AvgIpc) is 3.27. The van der Waals surface area contributed by atoms with Crippen LogP contribution in [0.25, 0.3) is 11.0 Å². The van der Waals surface area contributed by atoms with Gasteiger partial charge in [0.2, 0.25) is 11.3 Å². The van der Waals surface area contributed by atoms with E-state index in [-0.39, 0.29) is 11.5 Å². The lowest BCUT2D eigenvalue weighted by Gasteiger charge is -2.31. The van der Waals surface area contributed by atoms with E-state index < -0.39 is 0 Å². The third-order valence-electron chi connectivity index (χ3n) is 6.67. The van der Waals surface area contributed by atoms with Crippen LogP contribution in [-0.2, 0) is 0 Å². The van der Waals surface area contributed by atoms with Crippen LogP contribution in [0.1, 0.15) is 74.8 Å². The van der Waals surface area contributed by atoms with Gasteiger partial charge < -0.3 is 9.32 Å². The molecule has 2 aromatic heterocycles. The van der Waals surface area contributed by atoms with E-state index in [1.165, 1.54) is 30.6 Å². The molecule has 1 saturated heterocycles. The highest BCUT2D eigenvalue weighted by atomic mass is 35.5. The van der Waals surface area contributed by atoms with Gasteiger partial charge in [-0.3, -0.25) is 4.79 Å². The third kappa shape index (κ3) is 3.65. The van der Waals surface area contributed by atoms with Gasteiger partial charge in [0.05, 0.1) is 24.5 Å². The van der Waals surface area contributed by atoms with Gasteiger partial charge in [0.15, 0.2) is 6.04 Å². The Labute approximate surface area is 180 Å². The Morgan fingerprint density at radius 2 is 1.87 bits per heavy atom. The summed E-state index contributed by atoms with van der Waals surface area (Å²) in [7, 11) is 0. The zero-order chi connectivity index (χ0) is 20.5. The largest absolute Gasteiger partial charge is 0.464 e. The van der Waals surface area contributed by atoms with Crippen molar-refractivity contribution in [3.05, 3.63) is 51.1 Å². The molecule has 7 nitrogen and oxygen atoms in total. The number of likely N-dealkylation sites (tertiary alicyclic amines) is 1. The first-order valence-electron chi connectivity index (χ1n) is 11.1. The van der Waals surface area contributed by atoms with E-state index in [4.69, 9.17) is 16.0 Å². The Balaban J connectivity index is 1.64. The van der Waals surface area contributed by atoms with E-state index in [2.05, 4.69) is 15.5 Å². The molecule has 1 atom stereocenters. The second-order valence-corrected chi connectivity index (χ2v) is 9.02. The summed E-state index contributed by atoms with van der Waals surface area (Å²) in [6.07, 6.45) is 11.0. The number of benzene rings is 1. The number of piperidine rings is 1. The smallest absolute Gasteiger partial charge is 0.214 e. The average molecular weight is 429 g/mol. The Morgan fingerprint density at radius 1 is 1.10 bits per heavy atom. The van der Waals surface area contributed by atoms with Gasteiger partial charge >= 0.3 is 0 Å². The fourth-order valence-electron chi connectivity index (χ4n) is 5.13. The van der Waals surface area contributed by atoms with Crippen molar-refractivity contribution >= 4 is 22.6 Å². The van der Waals surface area contributed by atoms with E-state index in [0.29, 0.717) is 27.6 Å². The van der Waals surface area contributed by atoms with Crippen LogP contribution in [0.5, 0.6) is 0 Å². The van der Waals surface area contributed by atoms with Crippen LogP contribution in [-0.4, -0.2) is 33.3 Å². The van der Waals surface area contributed by atoms with E-state index >= 15 is 0 Å². The molecule has 158 valence electrons. The molecule has 0 bridgehead atoms. The van der Waals surface area contributed by atoms with Crippen LogP contribution >= 0.6 is 11.6 Å². The fourth-order valence-corrected chi connectivity index (χ4v) is 5.30. The number of halogens is 1. The second kappa shape index (κ2) is 8.47. The van der Waals surface area contributed by atoms with Gasteiger partial charge in [-0.15, -0.1) is 5.10 Å². The van der Waals surface area contributed by atoms with Crippen molar-refractivity contribution in [2.24, 2.45) is 0 Å². The molecular formula is C22H27ClN5O2+. The molecule has 1 aliphatic heterocycles. The van der Waals surface area contributed by atoms with Crippen molar-refractivity contribution in [3.8, 4) is 0 Å². The van der Waals surface area contributed by atoms with Crippen molar-refractivity contribution < 1.29 is 9.32 Å². The summed E-state index contributed by atoms with van der Waals surface area (Å²) in [5.41, 5.74) is 1.13. The molecule has 0 spiro atoms. The minimum atomic E-state index is -0.234. The van der Waals surface area contributed by atoms with Crippen molar-refractivity contribution in [2.75, 3.05) is 13.1 Å². The van der Waals surface area contributed by atoms with E-state index in [0.717, 1.165) is 44.6 Å². The number of quaternary nitrogens is 1. The first-order valence-corrected chi connectivity index (χ1v) is 11.4. The molecule has 2 aliphatic rings. The molecule has 8 heteroatoms. The highest BCUT2D eigenvalue weighted by Crippen LogP contribution is 2.30. The van der Waals surface area contributed by atoms with Gasteiger partial charge in [0.1, 0.15) is 17.4 Å². The third-order valence-corrected chi connectivity index (χ3v) is 6.91. The van der Waals surface area contributed by atoms with Crippen LogP contribution in [0.4, 0.5) is 0 Å². The fraction of sp³-hybridized carbons (Fsp3) is 0.545. The summed E-state index contributed by atoms with van der Waals surface area (Å²) in [4.78, 5) is 14.9. The summed E-state index contributed by atoms with van der Waals surface area (Å²) in [5.74, 6) is 0.785. The summed E-state index contributed by atoms with van der Waals surface area (Å²) < 4.78 is 7.88. The molecule has 5 rings (SSSR count). The summed E-state index contributed by atoms with van der Waals surface area (Å²) >= 11 is 6.18. The molecule has 0 amide bonds. The highest BCUT2D eigenvalue weighted by molar-refractivity contribution is 6.31. The summed E-state index contributed by atoms with van der Waals surface area (Å²) in [6.45, 7) is 1.99. The number of hydrogen-bond acceptors (Lipinski definition) is 5. The minimum absolute atomic E-state index is 0.0417. The molecular weight excluding hydrogens is 402 g/mol.